The number of benzene rings is 1. The van der Waals surface area contributed by atoms with Gasteiger partial charge in [-0.3, -0.25) is 4.79 Å². The third kappa shape index (κ3) is 3.67. The number of esters is 1. The van der Waals surface area contributed by atoms with Gasteiger partial charge in [-0.2, -0.15) is 0 Å². The summed E-state index contributed by atoms with van der Waals surface area (Å²) in [5, 5.41) is 3.73. The van der Waals surface area contributed by atoms with Crippen LogP contribution in [0.2, 0.25) is 5.02 Å². The lowest BCUT2D eigenvalue weighted by Gasteiger charge is -2.04. The van der Waals surface area contributed by atoms with Gasteiger partial charge in [0, 0.05) is 11.6 Å². The summed E-state index contributed by atoms with van der Waals surface area (Å²) in [7, 11) is 0. The normalized spacial score (nSPS) is 10.5. The fourth-order valence-electron chi connectivity index (χ4n) is 1.91. The van der Waals surface area contributed by atoms with Crippen molar-refractivity contribution in [3.05, 3.63) is 59.4 Å². The Bertz CT molecular complexity index is 825. The molecule has 2 heterocycles. The van der Waals surface area contributed by atoms with Gasteiger partial charge in [-0.05, 0) is 24.3 Å². The number of halogens is 1. The van der Waals surface area contributed by atoms with Gasteiger partial charge < -0.3 is 14.5 Å². The number of amides is 1. The average Bonchev–Trinajstić information content (AvgIpc) is 2.99. The van der Waals surface area contributed by atoms with Gasteiger partial charge in [-0.1, -0.05) is 29.8 Å². The third-order valence-corrected chi connectivity index (χ3v) is 3.18. The molecule has 2 aromatic heterocycles. The van der Waals surface area contributed by atoms with Crippen LogP contribution in [0.1, 0.15) is 10.6 Å². The first-order valence-electron chi connectivity index (χ1n) is 6.69. The number of fused-ring (bicyclic) bond motifs is 1. The van der Waals surface area contributed by atoms with E-state index in [1.165, 1.54) is 6.20 Å². The number of nitrogens with zero attached hydrogens (tertiary/aromatic N) is 1. The van der Waals surface area contributed by atoms with Crippen LogP contribution in [-0.2, 0) is 9.53 Å². The molecule has 0 bridgehead atoms. The van der Waals surface area contributed by atoms with Gasteiger partial charge in [0.15, 0.2) is 6.61 Å². The zero-order chi connectivity index (χ0) is 16.2. The minimum atomic E-state index is -0.708. The van der Waals surface area contributed by atoms with Gasteiger partial charge in [0.05, 0.1) is 5.02 Å². The van der Waals surface area contributed by atoms with E-state index in [2.05, 4.69) is 10.3 Å². The topological polar surface area (TPSA) is 81.4 Å². The molecule has 23 heavy (non-hydrogen) atoms. The lowest BCUT2D eigenvalue weighted by molar-refractivity contribution is -0.119. The first-order chi connectivity index (χ1) is 11.1. The molecule has 0 atom stereocenters. The molecule has 1 N–H and O–H groups in total. The van der Waals surface area contributed by atoms with Crippen molar-refractivity contribution in [1.82, 2.24) is 4.98 Å². The van der Waals surface area contributed by atoms with Crippen molar-refractivity contribution in [2.45, 2.75) is 0 Å². The van der Waals surface area contributed by atoms with Gasteiger partial charge in [-0.25, -0.2) is 9.78 Å². The van der Waals surface area contributed by atoms with Crippen molar-refractivity contribution in [1.29, 1.82) is 0 Å². The van der Waals surface area contributed by atoms with Crippen molar-refractivity contribution in [3.63, 3.8) is 0 Å². The first-order valence-corrected chi connectivity index (χ1v) is 7.07. The van der Waals surface area contributed by atoms with Gasteiger partial charge >= 0.3 is 5.97 Å². The molecule has 6 nitrogen and oxygen atoms in total. The molecule has 7 heteroatoms. The summed E-state index contributed by atoms with van der Waals surface area (Å²) >= 11 is 5.70. The number of para-hydroxylation sites is 1. The maximum Gasteiger partial charge on any atom is 0.374 e. The lowest BCUT2D eigenvalue weighted by atomic mass is 10.2. The maximum absolute atomic E-state index is 11.9. The summed E-state index contributed by atoms with van der Waals surface area (Å²) in [6.45, 7) is -0.444. The number of aromatic nitrogens is 1. The predicted molar refractivity (Wildman–Crippen MR) is 84.4 cm³/mol. The van der Waals surface area contributed by atoms with E-state index < -0.39 is 18.5 Å². The number of pyridine rings is 1. The number of rotatable bonds is 4. The molecule has 0 aliphatic carbocycles. The fourth-order valence-corrected chi connectivity index (χ4v) is 2.03. The summed E-state index contributed by atoms with van der Waals surface area (Å²) in [6, 6.07) is 11.9. The minimum Gasteiger partial charge on any atom is -0.450 e. The summed E-state index contributed by atoms with van der Waals surface area (Å²) in [5.41, 5.74) is 0.578. The van der Waals surface area contributed by atoms with E-state index in [1.54, 1.807) is 30.3 Å². The van der Waals surface area contributed by atoms with Crippen molar-refractivity contribution in [3.8, 4) is 0 Å². The molecule has 0 fully saturated rings. The Kier molecular flexibility index (Phi) is 4.25. The zero-order valence-corrected chi connectivity index (χ0v) is 12.5. The van der Waals surface area contributed by atoms with Crippen LogP contribution in [0.15, 0.2) is 53.1 Å². The first kappa shape index (κ1) is 15.1. The van der Waals surface area contributed by atoms with Crippen LogP contribution in [0.3, 0.4) is 0 Å². The molecule has 0 saturated heterocycles. The van der Waals surface area contributed by atoms with E-state index in [4.69, 9.17) is 20.8 Å². The Hall–Kier alpha value is -2.86. The highest BCUT2D eigenvalue weighted by atomic mass is 35.5. The number of anilines is 1. The maximum atomic E-state index is 11.9. The molecule has 3 rings (SSSR count). The highest BCUT2D eigenvalue weighted by molar-refractivity contribution is 6.30. The smallest absolute Gasteiger partial charge is 0.374 e. The molecule has 0 spiro atoms. The molecule has 0 unspecified atom stereocenters. The van der Waals surface area contributed by atoms with E-state index in [9.17, 15) is 9.59 Å². The Labute approximate surface area is 136 Å². The molecule has 0 radical (unpaired) electrons. The predicted octanol–water partition coefficient (Wildman–Crippen LogP) is 3.28. The summed E-state index contributed by atoms with van der Waals surface area (Å²) in [4.78, 5) is 27.5. The molecule has 1 aromatic carbocycles. The van der Waals surface area contributed by atoms with E-state index in [-0.39, 0.29) is 5.76 Å². The van der Waals surface area contributed by atoms with E-state index >= 15 is 0 Å². The van der Waals surface area contributed by atoms with Crippen molar-refractivity contribution >= 4 is 40.3 Å². The van der Waals surface area contributed by atoms with Crippen LogP contribution >= 0.6 is 11.6 Å². The Morgan fingerprint density at radius 3 is 2.78 bits per heavy atom. The molecule has 3 aromatic rings. The standard InChI is InChI=1S/C16H11ClN2O4/c17-11-5-6-14(18-8-11)19-15(20)9-22-16(21)13-7-10-3-1-2-4-12(10)23-13/h1-8H,9H2,(H,18,19,20). The number of furan rings is 1. The number of carbonyl (C=O) groups excluding carboxylic acids is 2. The summed E-state index contributed by atoms with van der Waals surface area (Å²) in [5.74, 6) is -0.854. The number of nitrogens with one attached hydrogen (secondary N) is 1. The second kappa shape index (κ2) is 6.50. The van der Waals surface area contributed by atoms with Crippen LogP contribution in [0.4, 0.5) is 5.82 Å². The SMILES string of the molecule is O=C(COC(=O)c1cc2ccccc2o1)Nc1ccc(Cl)cn1. The number of hydrogen-bond donors (Lipinski definition) is 1. The summed E-state index contributed by atoms with van der Waals surface area (Å²) < 4.78 is 10.3. The van der Waals surface area contributed by atoms with Gasteiger partial charge in [0.1, 0.15) is 11.4 Å². The van der Waals surface area contributed by atoms with Gasteiger partial charge in [0.2, 0.25) is 5.76 Å². The van der Waals surface area contributed by atoms with Crippen molar-refractivity contribution < 1.29 is 18.7 Å². The highest BCUT2D eigenvalue weighted by Gasteiger charge is 2.15. The Balaban J connectivity index is 1.57. The zero-order valence-electron chi connectivity index (χ0n) is 11.8. The highest BCUT2D eigenvalue weighted by Crippen LogP contribution is 2.19. The third-order valence-electron chi connectivity index (χ3n) is 2.96. The Morgan fingerprint density at radius 2 is 2.04 bits per heavy atom. The minimum absolute atomic E-state index is 0.0450. The Morgan fingerprint density at radius 1 is 1.22 bits per heavy atom. The number of hydrogen-bond acceptors (Lipinski definition) is 5. The van der Waals surface area contributed by atoms with Crippen LogP contribution in [0.5, 0.6) is 0 Å². The lowest BCUT2D eigenvalue weighted by Crippen LogP contribution is -2.21. The molecule has 0 aliphatic rings. The van der Waals surface area contributed by atoms with Gasteiger partial charge in [-0.15, -0.1) is 0 Å². The molecule has 0 aliphatic heterocycles. The van der Waals surface area contributed by atoms with Crippen molar-refractivity contribution in [2.75, 3.05) is 11.9 Å². The quantitative estimate of drug-likeness (QED) is 0.742. The van der Waals surface area contributed by atoms with E-state index in [0.717, 1.165) is 5.39 Å². The molecular weight excluding hydrogens is 320 g/mol. The number of carbonyl (C=O) groups is 2. The van der Waals surface area contributed by atoms with Crippen molar-refractivity contribution in [2.24, 2.45) is 0 Å². The number of ether oxygens (including phenoxy) is 1. The molecule has 116 valence electrons. The second-order valence-electron chi connectivity index (χ2n) is 4.63. The average molecular weight is 331 g/mol. The molecular formula is C16H11ClN2O4. The molecule has 0 saturated carbocycles. The van der Waals surface area contributed by atoms with E-state index in [1.807, 2.05) is 12.1 Å². The van der Waals surface area contributed by atoms with Crippen LogP contribution in [-0.4, -0.2) is 23.5 Å². The fraction of sp³-hybridized carbons (Fsp3) is 0.0625. The largest absolute Gasteiger partial charge is 0.450 e. The van der Waals surface area contributed by atoms with Gasteiger partial charge in [0.25, 0.3) is 5.91 Å². The monoisotopic (exact) mass is 330 g/mol. The second-order valence-corrected chi connectivity index (χ2v) is 5.07. The van der Waals surface area contributed by atoms with Crippen LogP contribution < -0.4 is 5.32 Å². The molecule has 1 amide bonds. The van der Waals surface area contributed by atoms with Crippen LogP contribution in [0.25, 0.3) is 11.0 Å². The summed E-state index contributed by atoms with van der Waals surface area (Å²) in [6.07, 6.45) is 1.40. The van der Waals surface area contributed by atoms with Crippen LogP contribution in [0, 0.1) is 0 Å². The van der Waals surface area contributed by atoms with E-state index in [0.29, 0.717) is 16.4 Å².